The van der Waals surface area contributed by atoms with Crippen LogP contribution in [0.4, 0.5) is 5.69 Å². The van der Waals surface area contributed by atoms with Crippen LogP contribution in [0, 0.1) is 11.3 Å². The zero-order valence-electron chi connectivity index (χ0n) is 10.7. The molecule has 0 spiro atoms. The number of anilines is 1. The first-order chi connectivity index (χ1) is 8.55. The van der Waals surface area contributed by atoms with E-state index >= 15 is 0 Å². The van der Waals surface area contributed by atoms with Gasteiger partial charge in [0.05, 0.1) is 23.5 Å². The van der Waals surface area contributed by atoms with E-state index in [9.17, 15) is 5.26 Å². The van der Waals surface area contributed by atoms with Crippen LogP contribution in [-0.4, -0.2) is 25.3 Å². The molecule has 1 aromatic rings. The van der Waals surface area contributed by atoms with Crippen molar-refractivity contribution in [3.8, 4) is 6.07 Å². The molecule has 1 aliphatic heterocycles. The molecule has 3 nitrogen and oxygen atoms in total. The molecule has 1 saturated heterocycles. The summed E-state index contributed by atoms with van der Waals surface area (Å²) in [6.07, 6.45) is 0. The van der Waals surface area contributed by atoms with Crippen LogP contribution in [0.5, 0.6) is 0 Å². The Morgan fingerprint density at radius 2 is 2.28 bits per heavy atom. The van der Waals surface area contributed by atoms with Crippen molar-refractivity contribution in [2.24, 2.45) is 0 Å². The molecule has 0 aromatic heterocycles. The summed E-state index contributed by atoms with van der Waals surface area (Å²) in [6, 6.07) is 8.34. The molecule has 1 aromatic carbocycles. The monoisotopic (exact) mass is 308 g/mol. The Labute approximate surface area is 116 Å². The number of benzene rings is 1. The van der Waals surface area contributed by atoms with Gasteiger partial charge >= 0.3 is 0 Å². The lowest BCUT2D eigenvalue weighted by Gasteiger charge is -2.39. The summed E-state index contributed by atoms with van der Waals surface area (Å²) < 4.78 is 5.70. The summed E-state index contributed by atoms with van der Waals surface area (Å²) in [7, 11) is 0. The van der Waals surface area contributed by atoms with Crippen LogP contribution in [0.25, 0.3) is 0 Å². The number of hydrogen-bond donors (Lipinski definition) is 0. The number of morpholine rings is 1. The number of ether oxygens (including phenoxy) is 1. The number of nitrogens with zero attached hydrogens (tertiary/aromatic N) is 2. The van der Waals surface area contributed by atoms with Gasteiger partial charge in [-0.1, -0.05) is 22.0 Å². The van der Waals surface area contributed by atoms with Crippen molar-refractivity contribution in [3.63, 3.8) is 0 Å². The first-order valence-electron chi connectivity index (χ1n) is 6.03. The van der Waals surface area contributed by atoms with Gasteiger partial charge in [0, 0.05) is 18.4 Å². The number of hydrogen-bond acceptors (Lipinski definition) is 3. The second kappa shape index (κ2) is 5.29. The summed E-state index contributed by atoms with van der Waals surface area (Å²) >= 11 is 3.42. The van der Waals surface area contributed by atoms with Gasteiger partial charge in [-0.2, -0.15) is 5.26 Å². The lowest BCUT2D eigenvalue weighted by Crippen LogP contribution is -2.48. The maximum Gasteiger partial charge on any atom is 0.101 e. The lowest BCUT2D eigenvalue weighted by molar-refractivity contribution is -0.0277. The molecule has 0 N–H and O–H groups in total. The molecule has 4 heteroatoms. The number of alkyl halides is 1. The molecule has 0 saturated carbocycles. The van der Waals surface area contributed by atoms with Crippen molar-refractivity contribution in [1.82, 2.24) is 0 Å². The van der Waals surface area contributed by atoms with Gasteiger partial charge in [-0.3, -0.25) is 0 Å². The molecule has 0 amide bonds. The molecule has 0 unspecified atom stereocenters. The molecule has 0 aliphatic carbocycles. The van der Waals surface area contributed by atoms with Gasteiger partial charge in [0.25, 0.3) is 0 Å². The third-order valence-corrected chi connectivity index (χ3v) is 3.75. The number of rotatable bonds is 2. The van der Waals surface area contributed by atoms with E-state index in [4.69, 9.17) is 4.74 Å². The van der Waals surface area contributed by atoms with Crippen LogP contribution in [0.2, 0.25) is 0 Å². The van der Waals surface area contributed by atoms with Gasteiger partial charge in [0.15, 0.2) is 0 Å². The zero-order chi connectivity index (χ0) is 13.2. The average molecular weight is 309 g/mol. The molecular weight excluding hydrogens is 292 g/mol. The van der Waals surface area contributed by atoms with Gasteiger partial charge in [0.2, 0.25) is 0 Å². The average Bonchev–Trinajstić information content (AvgIpc) is 2.36. The fraction of sp³-hybridized carbons (Fsp3) is 0.500. The normalized spacial score (nSPS) is 18.4. The van der Waals surface area contributed by atoms with E-state index in [1.807, 2.05) is 12.1 Å². The predicted octanol–water partition coefficient (Wildman–Crippen LogP) is 3.07. The minimum atomic E-state index is -0.154. The van der Waals surface area contributed by atoms with Crippen molar-refractivity contribution < 1.29 is 4.74 Å². The van der Waals surface area contributed by atoms with Crippen molar-refractivity contribution in [1.29, 1.82) is 5.26 Å². The zero-order valence-corrected chi connectivity index (χ0v) is 12.3. The highest BCUT2D eigenvalue weighted by Crippen LogP contribution is 2.27. The van der Waals surface area contributed by atoms with E-state index in [0.29, 0.717) is 6.61 Å². The van der Waals surface area contributed by atoms with Gasteiger partial charge < -0.3 is 9.64 Å². The maximum atomic E-state index is 9.28. The van der Waals surface area contributed by atoms with E-state index in [2.05, 4.69) is 46.8 Å². The minimum Gasteiger partial charge on any atom is -0.372 e. The van der Waals surface area contributed by atoms with Gasteiger partial charge in [-0.25, -0.2) is 0 Å². The van der Waals surface area contributed by atoms with Crippen LogP contribution < -0.4 is 4.90 Å². The molecule has 1 aliphatic rings. The van der Waals surface area contributed by atoms with Crippen LogP contribution >= 0.6 is 15.9 Å². The summed E-state index contributed by atoms with van der Waals surface area (Å²) in [5.41, 5.74) is 2.73. The maximum absolute atomic E-state index is 9.28. The highest BCUT2D eigenvalue weighted by atomic mass is 79.9. The SMILES string of the molecule is CC1(C)CN(c2ccc(CBr)cc2C#N)CCO1. The number of halogens is 1. The largest absolute Gasteiger partial charge is 0.372 e. The van der Waals surface area contributed by atoms with E-state index < -0.39 is 0 Å². The van der Waals surface area contributed by atoms with Crippen LogP contribution in [0.1, 0.15) is 25.0 Å². The van der Waals surface area contributed by atoms with Crippen molar-refractivity contribution in [2.75, 3.05) is 24.6 Å². The fourth-order valence-electron chi connectivity index (χ4n) is 2.25. The molecule has 2 rings (SSSR count). The molecule has 0 atom stereocenters. The minimum absolute atomic E-state index is 0.154. The third-order valence-electron chi connectivity index (χ3n) is 3.10. The standard InChI is InChI=1S/C14H17BrN2O/c1-14(2)10-17(5-6-18-14)13-4-3-11(8-15)7-12(13)9-16/h3-4,7H,5-6,8,10H2,1-2H3. The second-order valence-corrected chi connectivity index (χ2v) is 5.69. The molecular formula is C14H17BrN2O. The smallest absolute Gasteiger partial charge is 0.101 e. The Hall–Kier alpha value is -1.05. The second-order valence-electron chi connectivity index (χ2n) is 5.13. The topological polar surface area (TPSA) is 36.3 Å². The first kappa shape index (κ1) is 13.4. The molecule has 0 bridgehead atoms. The molecule has 1 fully saturated rings. The fourth-order valence-corrected chi connectivity index (χ4v) is 2.60. The Bertz CT molecular complexity index is 479. The Kier molecular flexibility index (Phi) is 3.94. The molecule has 18 heavy (non-hydrogen) atoms. The Morgan fingerprint density at radius 3 is 2.89 bits per heavy atom. The highest BCUT2D eigenvalue weighted by molar-refractivity contribution is 9.08. The van der Waals surface area contributed by atoms with Gasteiger partial charge in [0.1, 0.15) is 6.07 Å². The molecule has 1 heterocycles. The Morgan fingerprint density at radius 1 is 1.50 bits per heavy atom. The lowest BCUT2D eigenvalue weighted by atomic mass is 10.0. The van der Waals surface area contributed by atoms with Crippen LogP contribution in [0.15, 0.2) is 18.2 Å². The van der Waals surface area contributed by atoms with E-state index in [0.717, 1.165) is 35.2 Å². The van der Waals surface area contributed by atoms with Crippen LogP contribution in [-0.2, 0) is 10.1 Å². The van der Waals surface area contributed by atoms with E-state index in [-0.39, 0.29) is 5.60 Å². The molecule has 0 radical (unpaired) electrons. The third kappa shape index (κ3) is 2.85. The van der Waals surface area contributed by atoms with Crippen LogP contribution in [0.3, 0.4) is 0 Å². The van der Waals surface area contributed by atoms with Gasteiger partial charge in [-0.15, -0.1) is 0 Å². The Balaban J connectivity index is 2.30. The van der Waals surface area contributed by atoms with Gasteiger partial charge in [-0.05, 0) is 31.5 Å². The summed E-state index contributed by atoms with van der Waals surface area (Å²) in [6.45, 7) is 6.52. The first-order valence-corrected chi connectivity index (χ1v) is 7.16. The highest BCUT2D eigenvalue weighted by Gasteiger charge is 2.28. The summed E-state index contributed by atoms with van der Waals surface area (Å²) in [5, 5.41) is 10.1. The van der Waals surface area contributed by atoms with Crippen molar-refractivity contribution in [2.45, 2.75) is 24.8 Å². The summed E-state index contributed by atoms with van der Waals surface area (Å²) in [4.78, 5) is 2.24. The van der Waals surface area contributed by atoms with Crippen molar-refractivity contribution >= 4 is 21.6 Å². The van der Waals surface area contributed by atoms with E-state index in [1.165, 1.54) is 0 Å². The predicted molar refractivity (Wildman–Crippen MR) is 76.0 cm³/mol. The number of nitriles is 1. The summed E-state index contributed by atoms with van der Waals surface area (Å²) in [5.74, 6) is 0. The van der Waals surface area contributed by atoms with E-state index in [1.54, 1.807) is 0 Å². The van der Waals surface area contributed by atoms with Crippen molar-refractivity contribution in [3.05, 3.63) is 29.3 Å². The molecule has 96 valence electrons. The quantitative estimate of drug-likeness (QED) is 0.788.